The number of piperidine rings is 1. The molecule has 1 aliphatic rings. The van der Waals surface area contributed by atoms with Crippen LogP contribution in [0, 0.1) is 5.92 Å². The van der Waals surface area contributed by atoms with Crippen LogP contribution in [0.15, 0.2) is 48.7 Å². The summed E-state index contributed by atoms with van der Waals surface area (Å²) in [6.45, 7) is 1.14. The summed E-state index contributed by atoms with van der Waals surface area (Å²) >= 11 is 0. The molecule has 7 heteroatoms. The summed E-state index contributed by atoms with van der Waals surface area (Å²) in [5.41, 5.74) is 2.14. The molecule has 7 nitrogen and oxygen atoms in total. The molecule has 0 N–H and O–H groups in total. The highest BCUT2D eigenvalue weighted by molar-refractivity contribution is 5.95. The fourth-order valence-corrected chi connectivity index (χ4v) is 3.42. The molecule has 0 saturated carbocycles. The van der Waals surface area contributed by atoms with Crippen LogP contribution >= 0.6 is 0 Å². The Bertz CT molecular complexity index is 937. The average Bonchev–Trinajstić information content (AvgIpc) is 3.16. The number of fused-ring (bicyclic) bond motifs is 1. The summed E-state index contributed by atoms with van der Waals surface area (Å²) in [7, 11) is 0. The van der Waals surface area contributed by atoms with Crippen LogP contribution in [0.3, 0.4) is 0 Å². The smallest absolute Gasteiger partial charge is 0.255 e. The van der Waals surface area contributed by atoms with Crippen molar-refractivity contribution >= 4 is 17.3 Å². The molecule has 1 aromatic carbocycles. The second-order valence-electron chi connectivity index (χ2n) is 6.62. The minimum atomic E-state index is -0.107. The van der Waals surface area contributed by atoms with Gasteiger partial charge >= 0.3 is 0 Å². The number of pyridine rings is 1. The number of tetrazole rings is 1. The van der Waals surface area contributed by atoms with Crippen LogP contribution in [-0.2, 0) is 11.2 Å². The quantitative estimate of drug-likeness (QED) is 0.717. The van der Waals surface area contributed by atoms with E-state index < -0.39 is 0 Å². The van der Waals surface area contributed by atoms with Crippen LogP contribution in [0.2, 0.25) is 0 Å². The summed E-state index contributed by atoms with van der Waals surface area (Å²) in [6, 6.07) is 13.2. The van der Waals surface area contributed by atoms with Gasteiger partial charge in [-0.25, -0.2) is 0 Å². The first kappa shape index (κ1) is 16.4. The Morgan fingerprint density at radius 3 is 2.81 bits per heavy atom. The van der Waals surface area contributed by atoms with Crippen molar-refractivity contribution in [1.82, 2.24) is 24.9 Å². The van der Waals surface area contributed by atoms with Gasteiger partial charge in [0.1, 0.15) is 5.78 Å². The van der Waals surface area contributed by atoms with Crippen molar-refractivity contribution in [3.8, 4) is 0 Å². The second kappa shape index (κ2) is 7.03. The number of hydrogen-bond donors (Lipinski definition) is 0. The Morgan fingerprint density at radius 1 is 1.12 bits per heavy atom. The zero-order chi connectivity index (χ0) is 17.9. The molecule has 1 saturated heterocycles. The van der Waals surface area contributed by atoms with Crippen molar-refractivity contribution in [1.29, 1.82) is 0 Å². The SMILES string of the molecule is O=C(Cc1ccccc1)[C@H]1CCCN(C(=O)c2ccc3nnnn3c2)C1. The molecule has 0 spiro atoms. The highest BCUT2D eigenvalue weighted by Gasteiger charge is 2.29. The Balaban J connectivity index is 1.45. The first-order valence-electron chi connectivity index (χ1n) is 8.74. The lowest BCUT2D eigenvalue weighted by Gasteiger charge is -2.32. The van der Waals surface area contributed by atoms with E-state index in [1.54, 1.807) is 23.2 Å². The van der Waals surface area contributed by atoms with E-state index in [0.717, 1.165) is 18.4 Å². The maximum absolute atomic E-state index is 12.8. The summed E-state index contributed by atoms with van der Waals surface area (Å²) in [5, 5.41) is 11.2. The van der Waals surface area contributed by atoms with Gasteiger partial charge in [-0.2, -0.15) is 4.52 Å². The van der Waals surface area contributed by atoms with Gasteiger partial charge in [0.15, 0.2) is 5.65 Å². The van der Waals surface area contributed by atoms with E-state index in [4.69, 9.17) is 0 Å². The van der Waals surface area contributed by atoms with E-state index in [1.807, 2.05) is 30.3 Å². The second-order valence-corrected chi connectivity index (χ2v) is 6.62. The molecule has 0 aliphatic carbocycles. The van der Waals surface area contributed by atoms with Crippen LogP contribution in [-0.4, -0.2) is 49.7 Å². The molecule has 1 amide bonds. The third-order valence-electron chi connectivity index (χ3n) is 4.82. The van der Waals surface area contributed by atoms with Crippen molar-refractivity contribution in [2.45, 2.75) is 19.3 Å². The summed E-state index contributed by atoms with van der Waals surface area (Å²) in [4.78, 5) is 27.2. The number of Topliss-reactive ketones (excluding diaryl/α,β-unsaturated/α-hetero) is 1. The average molecular weight is 349 g/mol. The van der Waals surface area contributed by atoms with Gasteiger partial charge in [-0.1, -0.05) is 30.3 Å². The van der Waals surface area contributed by atoms with E-state index in [0.29, 0.717) is 30.7 Å². The number of hydrogen-bond acceptors (Lipinski definition) is 5. The summed E-state index contributed by atoms with van der Waals surface area (Å²) in [5.74, 6) is 0.00825. The van der Waals surface area contributed by atoms with Crippen LogP contribution in [0.1, 0.15) is 28.8 Å². The van der Waals surface area contributed by atoms with Crippen molar-refractivity contribution in [2.24, 2.45) is 5.92 Å². The lowest BCUT2D eigenvalue weighted by molar-refractivity contribution is -0.123. The first-order chi connectivity index (χ1) is 12.7. The standard InChI is InChI=1S/C19H19N5O2/c25-17(11-14-5-2-1-3-6-14)15-7-4-10-23(12-15)19(26)16-8-9-18-20-21-22-24(18)13-16/h1-3,5-6,8-9,13,15H,4,7,10-12H2/t15-/m0/s1. The molecule has 1 fully saturated rings. The molecule has 0 bridgehead atoms. The molecule has 0 radical (unpaired) electrons. The van der Waals surface area contributed by atoms with Crippen LogP contribution in [0.4, 0.5) is 0 Å². The number of carbonyl (C=O) groups excluding carboxylic acids is 2. The number of nitrogens with zero attached hydrogens (tertiary/aromatic N) is 5. The summed E-state index contributed by atoms with van der Waals surface area (Å²) in [6.07, 6.45) is 3.72. The van der Waals surface area contributed by atoms with Gasteiger partial charge in [-0.15, -0.1) is 5.10 Å². The molecule has 132 valence electrons. The molecule has 3 aromatic rings. The lowest BCUT2D eigenvalue weighted by atomic mass is 9.90. The highest BCUT2D eigenvalue weighted by atomic mass is 16.2. The largest absolute Gasteiger partial charge is 0.338 e. The predicted molar refractivity (Wildman–Crippen MR) is 94.6 cm³/mol. The van der Waals surface area contributed by atoms with Crippen molar-refractivity contribution < 1.29 is 9.59 Å². The van der Waals surface area contributed by atoms with Crippen molar-refractivity contribution in [3.05, 3.63) is 59.8 Å². The third-order valence-corrected chi connectivity index (χ3v) is 4.82. The van der Waals surface area contributed by atoms with Gasteiger partial charge in [-0.05, 0) is 41.0 Å². The molecule has 1 aliphatic heterocycles. The van der Waals surface area contributed by atoms with E-state index in [9.17, 15) is 9.59 Å². The van der Waals surface area contributed by atoms with Crippen molar-refractivity contribution in [3.63, 3.8) is 0 Å². The fraction of sp³-hybridized carbons (Fsp3) is 0.316. The topological polar surface area (TPSA) is 80.5 Å². The van der Waals surface area contributed by atoms with Gasteiger partial charge in [0.25, 0.3) is 5.91 Å². The summed E-state index contributed by atoms with van der Waals surface area (Å²) < 4.78 is 1.48. The van der Waals surface area contributed by atoms with Gasteiger partial charge in [0, 0.05) is 31.6 Å². The predicted octanol–water partition coefficient (Wildman–Crippen LogP) is 1.79. The maximum Gasteiger partial charge on any atom is 0.255 e. The van der Waals surface area contributed by atoms with Crippen LogP contribution in [0.5, 0.6) is 0 Å². The Hall–Kier alpha value is -3.09. The van der Waals surface area contributed by atoms with Crippen LogP contribution in [0.25, 0.3) is 5.65 Å². The minimum absolute atomic E-state index is 0.0837. The van der Waals surface area contributed by atoms with E-state index in [1.165, 1.54) is 4.52 Å². The third kappa shape index (κ3) is 3.33. The first-order valence-corrected chi connectivity index (χ1v) is 8.74. The Morgan fingerprint density at radius 2 is 1.96 bits per heavy atom. The van der Waals surface area contributed by atoms with Gasteiger partial charge in [-0.3, -0.25) is 9.59 Å². The number of aromatic nitrogens is 4. The number of amides is 1. The minimum Gasteiger partial charge on any atom is -0.338 e. The Labute approximate surface area is 150 Å². The van der Waals surface area contributed by atoms with E-state index in [2.05, 4.69) is 15.5 Å². The number of ketones is 1. The molecular weight excluding hydrogens is 330 g/mol. The van der Waals surface area contributed by atoms with Gasteiger partial charge in [0.05, 0.1) is 5.56 Å². The molecule has 4 rings (SSSR count). The molecule has 2 aromatic heterocycles. The molecule has 0 unspecified atom stereocenters. The van der Waals surface area contributed by atoms with Gasteiger partial charge < -0.3 is 4.90 Å². The molecule has 3 heterocycles. The maximum atomic E-state index is 12.8. The number of rotatable bonds is 4. The highest BCUT2D eigenvalue weighted by Crippen LogP contribution is 2.21. The fourth-order valence-electron chi connectivity index (χ4n) is 3.42. The van der Waals surface area contributed by atoms with Gasteiger partial charge in [0.2, 0.25) is 0 Å². The molecule has 1 atom stereocenters. The number of carbonyl (C=O) groups is 2. The van der Waals surface area contributed by atoms with E-state index in [-0.39, 0.29) is 17.6 Å². The Kier molecular flexibility index (Phi) is 4.43. The van der Waals surface area contributed by atoms with Crippen molar-refractivity contribution in [2.75, 3.05) is 13.1 Å². The number of likely N-dealkylation sites (tertiary alicyclic amines) is 1. The number of benzene rings is 1. The zero-order valence-electron chi connectivity index (χ0n) is 14.3. The normalized spacial score (nSPS) is 17.4. The van der Waals surface area contributed by atoms with E-state index >= 15 is 0 Å². The monoisotopic (exact) mass is 349 g/mol. The lowest BCUT2D eigenvalue weighted by Crippen LogP contribution is -2.42. The molecule has 26 heavy (non-hydrogen) atoms. The molecular formula is C19H19N5O2. The zero-order valence-corrected chi connectivity index (χ0v) is 14.3. The van der Waals surface area contributed by atoms with Crippen LogP contribution < -0.4 is 0 Å².